The molecule has 1 aliphatic rings. The fourth-order valence-electron chi connectivity index (χ4n) is 3.27. The SMILES string of the molecule is CCCCCC(NC(=O)CCCCO[C@@H]1OC(COC(C)=O)[C@H](O)C(O)[C@@H]1N)C(C)=O. The van der Waals surface area contributed by atoms with Crippen molar-refractivity contribution in [3.63, 3.8) is 0 Å². The van der Waals surface area contributed by atoms with Crippen LogP contribution < -0.4 is 11.1 Å². The second kappa shape index (κ2) is 14.5. The van der Waals surface area contributed by atoms with Crippen LogP contribution >= 0.6 is 0 Å². The van der Waals surface area contributed by atoms with Crippen molar-refractivity contribution in [2.75, 3.05) is 13.2 Å². The molecule has 0 spiro atoms. The van der Waals surface area contributed by atoms with Gasteiger partial charge in [0.15, 0.2) is 12.1 Å². The Balaban J connectivity index is 2.34. The number of aliphatic hydroxyl groups is 2. The molecule has 1 saturated heterocycles. The summed E-state index contributed by atoms with van der Waals surface area (Å²) in [5.74, 6) is -0.754. The summed E-state index contributed by atoms with van der Waals surface area (Å²) in [6, 6.07) is -1.41. The number of Topliss-reactive ketones (excluding diaryl/α,β-unsaturated/α-hetero) is 1. The van der Waals surface area contributed by atoms with Crippen molar-refractivity contribution in [3.05, 3.63) is 0 Å². The van der Waals surface area contributed by atoms with Gasteiger partial charge in [-0.2, -0.15) is 0 Å². The number of nitrogens with two attached hydrogens (primary N) is 1. The number of hydrogen-bond acceptors (Lipinski definition) is 9. The largest absolute Gasteiger partial charge is 0.463 e. The Labute approximate surface area is 183 Å². The number of ketones is 1. The van der Waals surface area contributed by atoms with Gasteiger partial charge in [0.2, 0.25) is 5.91 Å². The maximum Gasteiger partial charge on any atom is 0.302 e. The van der Waals surface area contributed by atoms with Gasteiger partial charge in [0.05, 0.1) is 12.1 Å². The van der Waals surface area contributed by atoms with E-state index in [9.17, 15) is 24.6 Å². The first-order valence-electron chi connectivity index (χ1n) is 11.0. The molecule has 0 bridgehead atoms. The first-order valence-corrected chi connectivity index (χ1v) is 11.0. The van der Waals surface area contributed by atoms with Gasteiger partial charge in [0.25, 0.3) is 0 Å². The van der Waals surface area contributed by atoms with Gasteiger partial charge in [-0.1, -0.05) is 26.2 Å². The molecule has 1 aliphatic heterocycles. The number of amides is 1. The third-order valence-corrected chi connectivity index (χ3v) is 5.20. The third kappa shape index (κ3) is 10.0. The zero-order valence-electron chi connectivity index (χ0n) is 18.7. The van der Waals surface area contributed by atoms with E-state index in [1.807, 2.05) is 0 Å². The fraction of sp³-hybridized carbons (Fsp3) is 0.857. The average molecular weight is 447 g/mol. The number of esters is 1. The summed E-state index contributed by atoms with van der Waals surface area (Å²) in [6.07, 6.45) is 0.430. The topological polar surface area (TPSA) is 157 Å². The Morgan fingerprint density at radius 3 is 2.42 bits per heavy atom. The van der Waals surface area contributed by atoms with Crippen LogP contribution in [0.4, 0.5) is 0 Å². The highest BCUT2D eigenvalue weighted by molar-refractivity contribution is 5.87. The predicted molar refractivity (Wildman–Crippen MR) is 112 cm³/mol. The highest BCUT2D eigenvalue weighted by Crippen LogP contribution is 2.21. The summed E-state index contributed by atoms with van der Waals surface area (Å²) in [5, 5.41) is 22.9. The molecule has 0 aromatic rings. The molecule has 10 heteroatoms. The van der Waals surface area contributed by atoms with Crippen LogP contribution in [0.1, 0.15) is 65.7 Å². The lowest BCUT2D eigenvalue weighted by molar-refractivity contribution is -0.267. The number of ether oxygens (including phenoxy) is 3. The molecular formula is C21H38N2O8. The fourth-order valence-corrected chi connectivity index (χ4v) is 3.27. The maximum atomic E-state index is 12.1. The maximum absolute atomic E-state index is 12.1. The van der Waals surface area contributed by atoms with Crippen molar-refractivity contribution in [2.45, 2.75) is 102 Å². The van der Waals surface area contributed by atoms with Crippen LogP contribution in [0.25, 0.3) is 0 Å². The number of unbranched alkanes of at least 4 members (excludes halogenated alkanes) is 3. The van der Waals surface area contributed by atoms with Gasteiger partial charge in [-0.15, -0.1) is 0 Å². The van der Waals surface area contributed by atoms with Gasteiger partial charge in [-0.05, 0) is 26.2 Å². The smallest absolute Gasteiger partial charge is 0.302 e. The van der Waals surface area contributed by atoms with Gasteiger partial charge < -0.3 is 35.5 Å². The van der Waals surface area contributed by atoms with E-state index in [1.165, 1.54) is 13.8 Å². The zero-order chi connectivity index (χ0) is 23.4. The number of nitrogens with one attached hydrogen (secondary N) is 1. The van der Waals surface area contributed by atoms with E-state index in [0.29, 0.717) is 19.3 Å². The molecule has 0 radical (unpaired) electrons. The molecule has 1 amide bonds. The van der Waals surface area contributed by atoms with Gasteiger partial charge >= 0.3 is 5.97 Å². The molecule has 1 rings (SSSR count). The van der Waals surface area contributed by atoms with Gasteiger partial charge in [-0.25, -0.2) is 0 Å². The van der Waals surface area contributed by atoms with E-state index in [0.717, 1.165) is 19.3 Å². The standard InChI is InChI=1S/C21H38N2O8/c1-4-5-6-9-15(13(2)24)23-17(26)10-7-8-11-29-21-18(22)20(28)19(27)16(31-21)12-30-14(3)25/h15-16,18-21,27-28H,4-12,22H2,1-3H3,(H,23,26)/t15?,16?,18-,19-,20?,21+/m0/s1. The van der Waals surface area contributed by atoms with Gasteiger partial charge in [0.1, 0.15) is 24.9 Å². The van der Waals surface area contributed by atoms with Crippen molar-refractivity contribution < 1.29 is 38.8 Å². The van der Waals surface area contributed by atoms with Crippen LogP contribution in [0.3, 0.4) is 0 Å². The summed E-state index contributed by atoms with van der Waals surface area (Å²) in [7, 11) is 0. The summed E-state index contributed by atoms with van der Waals surface area (Å²) < 4.78 is 15.9. The van der Waals surface area contributed by atoms with Crippen LogP contribution in [-0.4, -0.2) is 77.8 Å². The second-order valence-electron chi connectivity index (χ2n) is 7.96. The Hall–Kier alpha value is -1.59. The molecule has 3 unspecified atom stereocenters. The van der Waals surface area contributed by atoms with Gasteiger partial charge in [-0.3, -0.25) is 14.4 Å². The van der Waals surface area contributed by atoms with Crippen LogP contribution in [0.15, 0.2) is 0 Å². The quantitative estimate of drug-likeness (QED) is 0.215. The third-order valence-electron chi connectivity index (χ3n) is 5.20. The van der Waals surface area contributed by atoms with E-state index in [2.05, 4.69) is 12.2 Å². The highest BCUT2D eigenvalue weighted by Gasteiger charge is 2.43. The van der Waals surface area contributed by atoms with E-state index in [-0.39, 0.29) is 31.3 Å². The number of aliphatic hydroxyl groups excluding tert-OH is 2. The Kier molecular flexibility index (Phi) is 12.8. The minimum Gasteiger partial charge on any atom is -0.463 e. The van der Waals surface area contributed by atoms with Crippen molar-refractivity contribution in [3.8, 4) is 0 Å². The molecule has 180 valence electrons. The van der Waals surface area contributed by atoms with Crippen LogP contribution in [-0.2, 0) is 28.6 Å². The van der Waals surface area contributed by atoms with Crippen LogP contribution in [0.5, 0.6) is 0 Å². The predicted octanol–water partition coefficient (Wildman–Crippen LogP) is 0.165. The van der Waals surface area contributed by atoms with Gasteiger partial charge in [0, 0.05) is 20.0 Å². The van der Waals surface area contributed by atoms with Crippen molar-refractivity contribution in [1.29, 1.82) is 0 Å². The van der Waals surface area contributed by atoms with E-state index < -0.39 is 42.7 Å². The lowest BCUT2D eigenvalue weighted by atomic mass is 9.98. The molecule has 1 fully saturated rings. The summed E-state index contributed by atoms with van der Waals surface area (Å²) in [6.45, 7) is 4.79. The number of carbonyl (C=O) groups excluding carboxylic acids is 3. The summed E-state index contributed by atoms with van der Waals surface area (Å²) in [4.78, 5) is 34.8. The summed E-state index contributed by atoms with van der Waals surface area (Å²) in [5.41, 5.74) is 5.86. The molecule has 0 aliphatic carbocycles. The Bertz CT molecular complexity index is 574. The summed E-state index contributed by atoms with van der Waals surface area (Å²) >= 11 is 0. The first-order chi connectivity index (χ1) is 14.7. The van der Waals surface area contributed by atoms with E-state index in [1.54, 1.807) is 0 Å². The number of carbonyl (C=O) groups is 3. The molecular weight excluding hydrogens is 408 g/mol. The Morgan fingerprint density at radius 1 is 1.10 bits per heavy atom. The number of hydrogen-bond donors (Lipinski definition) is 4. The van der Waals surface area contributed by atoms with Crippen LogP contribution in [0, 0.1) is 0 Å². The minimum atomic E-state index is -1.30. The molecule has 0 aromatic carbocycles. The minimum absolute atomic E-state index is 0.0414. The second-order valence-corrected chi connectivity index (χ2v) is 7.96. The monoisotopic (exact) mass is 446 g/mol. The van der Waals surface area contributed by atoms with E-state index >= 15 is 0 Å². The molecule has 5 N–H and O–H groups in total. The Morgan fingerprint density at radius 2 is 1.81 bits per heavy atom. The molecule has 1 heterocycles. The zero-order valence-corrected chi connectivity index (χ0v) is 18.7. The van der Waals surface area contributed by atoms with Crippen LogP contribution in [0.2, 0.25) is 0 Å². The van der Waals surface area contributed by atoms with Crippen molar-refractivity contribution in [1.82, 2.24) is 5.32 Å². The lowest BCUT2D eigenvalue weighted by Gasteiger charge is -2.40. The molecule has 6 atom stereocenters. The van der Waals surface area contributed by atoms with E-state index in [4.69, 9.17) is 19.9 Å². The first kappa shape index (κ1) is 27.4. The van der Waals surface area contributed by atoms with Crippen molar-refractivity contribution in [2.24, 2.45) is 5.73 Å². The molecule has 31 heavy (non-hydrogen) atoms. The van der Waals surface area contributed by atoms with Crippen molar-refractivity contribution >= 4 is 17.7 Å². The lowest BCUT2D eigenvalue weighted by Crippen LogP contribution is -2.62. The number of rotatable bonds is 14. The average Bonchev–Trinajstić information content (AvgIpc) is 2.71. The molecule has 0 aromatic heterocycles. The molecule has 0 saturated carbocycles. The normalized spacial score (nSPS) is 26.8. The molecule has 10 nitrogen and oxygen atoms in total. The highest BCUT2D eigenvalue weighted by atomic mass is 16.7.